The number of hydrogen-bond donors (Lipinski definition) is 2. The van der Waals surface area contributed by atoms with Gasteiger partial charge in [-0.3, -0.25) is 4.79 Å². The lowest BCUT2D eigenvalue weighted by Gasteiger charge is -2.20. The molecule has 19 heavy (non-hydrogen) atoms. The van der Waals surface area contributed by atoms with Gasteiger partial charge in [-0.05, 0) is 47.4 Å². The Balaban J connectivity index is 2.04. The third-order valence-corrected chi connectivity index (χ3v) is 3.36. The predicted octanol–water partition coefficient (Wildman–Crippen LogP) is 1.69. The van der Waals surface area contributed by atoms with Gasteiger partial charge in [0.15, 0.2) is 11.5 Å². The van der Waals surface area contributed by atoms with Crippen molar-refractivity contribution in [3.8, 4) is 11.5 Å². The maximum absolute atomic E-state index is 12.0. The van der Waals surface area contributed by atoms with Gasteiger partial charge >= 0.3 is 0 Å². The lowest BCUT2D eigenvalue weighted by Crippen LogP contribution is -2.25. The molecule has 0 spiro atoms. The number of benzene rings is 1. The number of carbonyl (C=O) groups excluding carboxylic acids is 1. The number of ether oxygens (including phenoxy) is 2. The molecule has 0 aromatic heterocycles. The van der Waals surface area contributed by atoms with Crippen molar-refractivity contribution in [2.75, 3.05) is 26.3 Å². The summed E-state index contributed by atoms with van der Waals surface area (Å²) < 4.78 is 11.7. The Kier molecular flexibility index (Phi) is 5.04. The average molecular weight is 329 g/mol. The summed E-state index contributed by atoms with van der Waals surface area (Å²) in [5.74, 6) is 1.15. The summed E-state index contributed by atoms with van der Waals surface area (Å²) in [6, 6.07) is 3.45. The van der Waals surface area contributed by atoms with Crippen LogP contribution in [-0.4, -0.2) is 32.2 Å². The van der Waals surface area contributed by atoms with Crippen molar-refractivity contribution in [3.63, 3.8) is 0 Å². The van der Waals surface area contributed by atoms with Crippen molar-refractivity contribution in [1.82, 2.24) is 5.32 Å². The van der Waals surface area contributed by atoms with Crippen LogP contribution in [0.5, 0.6) is 11.5 Å². The molecular formula is C13H17BrN2O3. The number of carbonyl (C=O) groups is 1. The second kappa shape index (κ2) is 6.77. The van der Waals surface area contributed by atoms with Gasteiger partial charge in [0.1, 0.15) is 13.2 Å². The topological polar surface area (TPSA) is 73.6 Å². The molecule has 0 unspecified atom stereocenters. The highest BCUT2D eigenvalue weighted by Gasteiger charge is 2.18. The van der Waals surface area contributed by atoms with E-state index in [1.807, 2.05) is 0 Å². The number of amides is 1. The normalized spacial score (nSPS) is 13.2. The van der Waals surface area contributed by atoms with E-state index in [0.29, 0.717) is 43.4 Å². The van der Waals surface area contributed by atoms with E-state index in [0.717, 1.165) is 17.3 Å². The molecule has 1 aliphatic rings. The van der Waals surface area contributed by atoms with E-state index in [-0.39, 0.29) is 5.91 Å². The molecule has 1 aromatic rings. The minimum Gasteiger partial charge on any atom is -0.486 e. The zero-order valence-corrected chi connectivity index (χ0v) is 12.2. The van der Waals surface area contributed by atoms with Crippen molar-refractivity contribution >= 4 is 21.8 Å². The highest BCUT2D eigenvalue weighted by atomic mass is 79.9. The minimum absolute atomic E-state index is 0.116. The van der Waals surface area contributed by atoms with Crippen molar-refractivity contribution in [3.05, 3.63) is 22.2 Å². The lowest BCUT2D eigenvalue weighted by molar-refractivity contribution is 0.0951. The summed E-state index contributed by atoms with van der Waals surface area (Å²) in [5, 5.41) is 2.86. The molecule has 0 saturated heterocycles. The predicted molar refractivity (Wildman–Crippen MR) is 75.8 cm³/mol. The smallest absolute Gasteiger partial charge is 0.251 e. The quantitative estimate of drug-likeness (QED) is 0.807. The number of unbranched alkanes of at least 4 members (excludes halogenated alkanes) is 1. The van der Waals surface area contributed by atoms with E-state index >= 15 is 0 Å². The summed E-state index contributed by atoms with van der Waals surface area (Å²) >= 11 is 3.39. The van der Waals surface area contributed by atoms with Crippen LogP contribution >= 0.6 is 15.9 Å². The SMILES string of the molecule is NCCCCNC(=O)c1cc(Br)c2c(c1)OCCO2. The van der Waals surface area contributed by atoms with Gasteiger partial charge in [-0.15, -0.1) is 0 Å². The zero-order chi connectivity index (χ0) is 13.7. The van der Waals surface area contributed by atoms with Gasteiger partial charge in [0, 0.05) is 12.1 Å². The van der Waals surface area contributed by atoms with E-state index in [1.165, 1.54) is 0 Å². The van der Waals surface area contributed by atoms with Crippen LogP contribution in [0.4, 0.5) is 0 Å². The monoisotopic (exact) mass is 328 g/mol. The zero-order valence-electron chi connectivity index (χ0n) is 10.6. The van der Waals surface area contributed by atoms with Gasteiger partial charge in [-0.1, -0.05) is 0 Å². The summed E-state index contributed by atoms with van der Waals surface area (Å²) in [6.07, 6.45) is 1.79. The molecule has 6 heteroatoms. The number of rotatable bonds is 5. The van der Waals surface area contributed by atoms with Crippen LogP contribution in [-0.2, 0) is 0 Å². The van der Waals surface area contributed by atoms with Crippen molar-refractivity contribution < 1.29 is 14.3 Å². The van der Waals surface area contributed by atoms with Crippen LogP contribution in [0.1, 0.15) is 23.2 Å². The van der Waals surface area contributed by atoms with E-state index < -0.39 is 0 Å². The maximum Gasteiger partial charge on any atom is 0.251 e. The van der Waals surface area contributed by atoms with Gasteiger partial charge in [0.2, 0.25) is 0 Å². The molecule has 3 N–H and O–H groups in total. The van der Waals surface area contributed by atoms with Gasteiger partial charge in [0.25, 0.3) is 5.91 Å². The first-order valence-corrected chi connectivity index (χ1v) is 7.09. The highest BCUT2D eigenvalue weighted by molar-refractivity contribution is 9.10. The van der Waals surface area contributed by atoms with Crippen molar-refractivity contribution in [2.45, 2.75) is 12.8 Å². The third-order valence-electron chi connectivity index (χ3n) is 2.78. The Morgan fingerprint density at radius 2 is 2.11 bits per heavy atom. The third kappa shape index (κ3) is 3.61. The molecule has 0 bridgehead atoms. The first-order chi connectivity index (χ1) is 9.22. The Hall–Kier alpha value is -1.27. The van der Waals surface area contributed by atoms with E-state index in [9.17, 15) is 4.79 Å². The minimum atomic E-state index is -0.116. The molecule has 0 atom stereocenters. The molecule has 104 valence electrons. The number of nitrogens with two attached hydrogens (primary N) is 1. The maximum atomic E-state index is 12.0. The van der Waals surface area contributed by atoms with Crippen LogP contribution in [0.2, 0.25) is 0 Å². The largest absolute Gasteiger partial charge is 0.486 e. The first kappa shape index (κ1) is 14.1. The fourth-order valence-electron chi connectivity index (χ4n) is 1.82. The van der Waals surface area contributed by atoms with Gasteiger partial charge in [0.05, 0.1) is 4.47 Å². The van der Waals surface area contributed by atoms with Crippen LogP contribution < -0.4 is 20.5 Å². The fraction of sp³-hybridized carbons (Fsp3) is 0.462. The molecule has 1 amide bonds. The average Bonchev–Trinajstić information content (AvgIpc) is 2.43. The number of fused-ring (bicyclic) bond motifs is 1. The molecular weight excluding hydrogens is 312 g/mol. The first-order valence-electron chi connectivity index (χ1n) is 6.30. The Morgan fingerprint density at radius 1 is 1.32 bits per heavy atom. The fourth-order valence-corrected chi connectivity index (χ4v) is 2.37. The number of halogens is 1. The van der Waals surface area contributed by atoms with Gasteiger partial charge < -0.3 is 20.5 Å². The molecule has 1 aliphatic heterocycles. The van der Waals surface area contributed by atoms with E-state index in [1.54, 1.807) is 12.1 Å². The van der Waals surface area contributed by atoms with Crippen LogP contribution in [0.25, 0.3) is 0 Å². The Morgan fingerprint density at radius 3 is 2.89 bits per heavy atom. The second-order valence-corrected chi connectivity index (χ2v) is 5.09. The second-order valence-electron chi connectivity index (χ2n) is 4.23. The number of hydrogen-bond acceptors (Lipinski definition) is 4. The summed E-state index contributed by atoms with van der Waals surface area (Å²) in [6.45, 7) is 2.30. The van der Waals surface area contributed by atoms with Crippen LogP contribution in [0, 0.1) is 0 Å². The molecule has 0 saturated carbocycles. The molecule has 0 fully saturated rings. The summed E-state index contributed by atoms with van der Waals surface area (Å²) in [7, 11) is 0. The van der Waals surface area contributed by atoms with E-state index in [4.69, 9.17) is 15.2 Å². The lowest BCUT2D eigenvalue weighted by atomic mass is 10.1. The van der Waals surface area contributed by atoms with Crippen LogP contribution in [0.3, 0.4) is 0 Å². The Bertz CT molecular complexity index is 465. The van der Waals surface area contributed by atoms with Gasteiger partial charge in [-0.2, -0.15) is 0 Å². The molecule has 1 aromatic carbocycles. The highest BCUT2D eigenvalue weighted by Crippen LogP contribution is 2.38. The molecule has 2 rings (SSSR count). The molecule has 0 radical (unpaired) electrons. The summed E-state index contributed by atoms with van der Waals surface area (Å²) in [5.41, 5.74) is 5.96. The van der Waals surface area contributed by atoms with Gasteiger partial charge in [-0.25, -0.2) is 0 Å². The molecule has 5 nitrogen and oxygen atoms in total. The van der Waals surface area contributed by atoms with Crippen molar-refractivity contribution in [2.24, 2.45) is 5.73 Å². The molecule has 0 aliphatic carbocycles. The molecule has 1 heterocycles. The standard InChI is InChI=1S/C13H17BrN2O3/c14-10-7-9(13(17)16-4-2-1-3-15)8-11-12(10)19-6-5-18-11/h7-8H,1-6,15H2,(H,16,17). The van der Waals surface area contributed by atoms with Crippen LogP contribution in [0.15, 0.2) is 16.6 Å². The van der Waals surface area contributed by atoms with E-state index in [2.05, 4.69) is 21.2 Å². The number of nitrogens with one attached hydrogen (secondary N) is 1. The summed E-state index contributed by atoms with van der Waals surface area (Å²) in [4.78, 5) is 12.0. The van der Waals surface area contributed by atoms with Crippen molar-refractivity contribution in [1.29, 1.82) is 0 Å². The Labute approximate surface area is 120 Å².